The van der Waals surface area contributed by atoms with E-state index in [1.807, 2.05) is 0 Å². The van der Waals surface area contributed by atoms with Crippen molar-refractivity contribution >= 4 is 0 Å². The van der Waals surface area contributed by atoms with Gasteiger partial charge in [0.15, 0.2) is 0 Å². The summed E-state index contributed by atoms with van der Waals surface area (Å²) in [5.74, 6) is 0. The summed E-state index contributed by atoms with van der Waals surface area (Å²) in [6.45, 7) is 4.19. The number of hydrogen-bond acceptors (Lipinski definition) is 3. The third-order valence-electron chi connectivity index (χ3n) is 6.25. The van der Waals surface area contributed by atoms with Gasteiger partial charge in [-0.15, -0.1) is 0 Å². The maximum absolute atomic E-state index is 4.95. The summed E-state index contributed by atoms with van der Waals surface area (Å²) in [5, 5.41) is 8.78. The second-order valence-electron chi connectivity index (χ2n) is 8.47. The Morgan fingerprint density at radius 1 is 0.862 bits per heavy atom. The van der Waals surface area contributed by atoms with E-state index in [4.69, 9.17) is 5.10 Å². The third kappa shape index (κ3) is 4.60. The normalized spacial score (nSPS) is 18.2. The standard InChI is InChI=1S/C25H30N4/c1-3-7-20(8-4-1)18-29-19-22(25(27-29)21-9-5-2-6-10-21)17-26-23-13-15-28(16-14-23)24-11-12-24/h1-10,19,23-24,26H,11-18H2. The van der Waals surface area contributed by atoms with Crippen molar-refractivity contribution in [3.63, 3.8) is 0 Å². The summed E-state index contributed by atoms with van der Waals surface area (Å²) < 4.78 is 2.09. The van der Waals surface area contributed by atoms with Crippen molar-refractivity contribution in [3.8, 4) is 11.3 Å². The van der Waals surface area contributed by atoms with Crippen LogP contribution in [0.15, 0.2) is 66.9 Å². The van der Waals surface area contributed by atoms with Gasteiger partial charge in [-0.1, -0.05) is 60.7 Å². The van der Waals surface area contributed by atoms with Crippen molar-refractivity contribution in [2.45, 2.75) is 50.9 Å². The predicted octanol–water partition coefficient (Wildman–Crippen LogP) is 4.31. The Hall–Kier alpha value is -2.43. The summed E-state index contributed by atoms with van der Waals surface area (Å²) in [6, 6.07) is 22.7. The molecule has 1 saturated heterocycles. The van der Waals surface area contributed by atoms with Crippen LogP contribution in [0.5, 0.6) is 0 Å². The molecule has 5 rings (SSSR count). The van der Waals surface area contributed by atoms with Crippen LogP contribution < -0.4 is 5.32 Å². The van der Waals surface area contributed by atoms with Crippen LogP contribution in [0.25, 0.3) is 11.3 Å². The molecule has 1 N–H and O–H groups in total. The van der Waals surface area contributed by atoms with Crippen molar-refractivity contribution in [1.29, 1.82) is 0 Å². The maximum atomic E-state index is 4.95. The molecule has 2 aliphatic rings. The molecule has 0 radical (unpaired) electrons. The zero-order valence-electron chi connectivity index (χ0n) is 17.0. The minimum Gasteiger partial charge on any atom is -0.310 e. The van der Waals surface area contributed by atoms with E-state index < -0.39 is 0 Å². The first kappa shape index (κ1) is 18.6. The molecular formula is C25H30N4. The molecule has 0 amide bonds. The molecule has 1 saturated carbocycles. The molecule has 2 heterocycles. The van der Waals surface area contributed by atoms with Crippen LogP contribution in [0, 0.1) is 0 Å². The highest BCUT2D eigenvalue weighted by Crippen LogP contribution is 2.29. The van der Waals surface area contributed by atoms with Gasteiger partial charge in [0.2, 0.25) is 0 Å². The molecule has 4 nitrogen and oxygen atoms in total. The molecule has 0 spiro atoms. The minimum atomic E-state index is 0.617. The Balaban J connectivity index is 1.29. The second kappa shape index (κ2) is 8.52. The highest BCUT2D eigenvalue weighted by Gasteiger charge is 2.31. The van der Waals surface area contributed by atoms with Crippen molar-refractivity contribution in [2.75, 3.05) is 13.1 Å². The fourth-order valence-corrected chi connectivity index (χ4v) is 4.45. The van der Waals surface area contributed by atoms with Crippen LogP contribution in [0.2, 0.25) is 0 Å². The van der Waals surface area contributed by atoms with E-state index in [1.165, 1.54) is 55.5 Å². The summed E-state index contributed by atoms with van der Waals surface area (Å²) in [6.07, 6.45) is 7.57. The number of hydrogen-bond donors (Lipinski definition) is 1. The van der Waals surface area contributed by atoms with Crippen molar-refractivity contribution in [3.05, 3.63) is 78.0 Å². The van der Waals surface area contributed by atoms with Crippen LogP contribution in [0.1, 0.15) is 36.8 Å². The molecule has 3 aromatic rings. The quantitative estimate of drug-likeness (QED) is 0.657. The Kier molecular flexibility index (Phi) is 5.46. The SMILES string of the molecule is c1ccc(Cn2cc(CNC3CCN(C4CC4)CC3)c(-c3ccccc3)n2)cc1. The molecular weight excluding hydrogens is 356 g/mol. The minimum absolute atomic E-state index is 0.617. The second-order valence-corrected chi connectivity index (χ2v) is 8.47. The van der Waals surface area contributed by atoms with Gasteiger partial charge in [0.1, 0.15) is 0 Å². The van der Waals surface area contributed by atoms with Crippen LogP contribution in [-0.2, 0) is 13.1 Å². The lowest BCUT2D eigenvalue weighted by atomic mass is 10.0. The lowest BCUT2D eigenvalue weighted by Gasteiger charge is -2.32. The predicted molar refractivity (Wildman–Crippen MR) is 118 cm³/mol. The summed E-state index contributed by atoms with van der Waals surface area (Å²) >= 11 is 0. The van der Waals surface area contributed by atoms with Crippen LogP contribution in [-0.4, -0.2) is 39.9 Å². The smallest absolute Gasteiger partial charge is 0.0968 e. The number of rotatable bonds is 7. The molecule has 29 heavy (non-hydrogen) atoms. The topological polar surface area (TPSA) is 33.1 Å². The molecule has 1 aliphatic heterocycles. The van der Waals surface area contributed by atoms with Gasteiger partial charge < -0.3 is 10.2 Å². The van der Waals surface area contributed by atoms with Gasteiger partial charge in [-0.3, -0.25) is 4.68 Å². The van der Waals surface area contributed by atoms with Gasteiger partial charge in [0.25, 0.3) is 0 Å². The maximum Gasteiger partial charge on any atom is 0.0968 e. The molecule has 150 valence electrons. The van der Waals surface area contributed by atoms with Gasteiger partial charge in [0, 0.05) is 36.0 Å². The van der Waals surface area contributed by atoms with E-state index >= 15 is 0 Å². The molecule has 0 atom stereocenters. The Labute approximate surface area is 173 Å². The largest absolute Gasteiger partial charge is 0.310 e. The Morgan fingerprint density at radius 3 is 2.24 bits per heavy atom. The zero-order chi connectivity index (χ0) is 19.5. The summed E-state index contributed by atoms with van der Waals surface area (Å²) in [7, 11) is 0. The van der Waals surface area contributed by atoms with Crippen LogP contribution in [0.3, 0.4) is 0 Å². The molecule has 0 unspecified atom stereocenters. The van der Waals surface area contributed by atoms with E-state index in [9.17, 15) is 0 Å². The summed E-state index contributed by atoms with van der Waals surface area (Å²) in [4.78, 5) is 2.69. The molecule has 1 aliphatic carbocycles. The lowest BCUT2D eigenvalue weighted by Crippen LogP contribution is -2.43. The van der Waals surface area contributed by atoms with E-state index in [1.54, 1.807) is 0 Å². The number of nitrogens with one attached hydrogen (secondary N) is 1. The lowest BCUT2D eigenvalue weighted by molar-refractivity contribution is 0.189. The average molecular weight is 387 g/mol. The van der Waals surface area contributed by atoms with Crippen molar-refractivity contribution in [1.82, 2.24) is 20.0 Å². The third-order valence-corrected chi connectivity index (χ3v) is 6.25. The molecule has 2 fully saturated rings. The van der Waals surface area contributed by atoms with Gasteiger partial charge in [-0.05, 0) is 44.3 Å². The monoisotopic (exact) mass is 386 g/mol. The van der Waals surface area contributed by atoms with Gasteiger partial charge in [-0.2, -0.15) is 5.10 Å². The Bertz CT molecular complexity index is 907. The van der Waals surface area contributed by atoms with Crippen LogP contribution >= 0.6 is 0 Å². The Morgan fingerprint density at radius 2 is 1.55 bits per heavy atom. The number of nitrogens with zero attached hydrogens (tertiary/aromatic N) is 3. The van der Waals surface area contributed by atoms with Crippen LogP contribution in [0.4, 0.5) is 0 Å². The fraction of sp³-hybridized carbons (Fsp3) is 0.400. The fourth-order valence-electron chi connectivity index (χ4n) is 4.45. The first-order valence-electron chi connectivity index (χ1n) is 11.0. The molecule has 0 bridgehead atoms. The first-order chi connectivity index (χ1) is 14.3. The van der Waals surface area contributed by atoms with Crippen molar-refractivity contribution in [2.24, 2.45) is 0 Å². The van der Waals surface area contributed by atoms with Gasteiger partial charge in [0.05, 0.1) is 12.2 Å². The van der Waals surface area contributed by atoms with Crippen molar-refractivity contribution < 1.29 is 0 Å². The van der Waals surface area contributed by atoms with Gasteiger partial charge >= 0.3 is 0 Å². The van der Waals surface area contributed by atoms with Gasteiger partial charge in [-0.25, -0.2) is 0 Å². The molecule has 4 heteroatoms. The first-order valence-corrected chi connectivity index (χ1v) is 11.0. The van der Waals surface area contributed by atoms with E-state index in [2.05, 4.69) is 81.8 Å². The number of aromatic nitrogens is 2. The molecule has 1 aromatic heterocycles. The number of benzene rings is 2. The van der Waals surface area contributed by atoms with E-state index in [-0.39, 0.29) is 0 Å². The zero-order valence-corrected chi connectivity index (χ0v) is 17.0. The highest BCUT2D eigenvalue weighted by atomic mass is 15.3. The average Bonchev–Trinajstić information content (AvgIpc) is 3.55. The highest BCUT2D eigenvalue weighted by molar-refractivity contribution is 5.62. The number of likely N-dealkylation sites (tertiary alicyclic amines) is 1. The van der Waals surface area contributed by atoms with E-state index in [0.717, 1.165) is 24.8 Å². The molecule has 2 aromatic carbocycles. The number of piperidine rings is 1. The van der Waals surface area contributed by atoms with E-state index in [0.29, 0.717) is 6.04 Å². The summed E-state index contributed by atoms with van der Waals surface area (Å²) in [5.41, 5.74) is 4.86.